The molecule has 1 unspecified atom stereocenters. The zero-order valence-electron chi connectivity index (χ0n) is 16.5. The van der Waals surface area contributed by atoms with Crippen molar-refractivity contribution < 1.29 is 14.4 Å². The van der Waals surface area contributed by atoms with Gasteiger partial charge in [-0.15, -0.1) is 0 Å². The van der Waals surface area contributed by atoms with E-state index in [9.17, 15) is 9.59 Å². The normalized spacial score (nSPS) is 16.1. The van der Waals surface area contributed by atoms with Gasteiger partial charge in [0.15, 0.2) is 0 Å². The molecule has 1 N–H and O–H groups in total. The minimum absolute atomic E-state index is 0.0216. The first kappa shape index (κ1) is 21.4. The Morgan fingerprint density at radius 2 is 1.97 bits per heavy atom. The molecule has 0 aromatic heterocycles. The first-order chi connectivity index (χ1) is 13.8. The van der Waals surface area contributed by atoms with Crippen molar-refractivity contribution in [2.24, 2.45) is 0 Å². The lowest BCUT2D eigenvalue weighted by Gasteiger charge is -2.35. The van der Waals surface area contributed by atoms with Crippen molar-refractivity contribution in [3.8, 4) is 0 Å². The molecule has 0 saturated heterocycles. The second kappa shape index (κ2) is 9.03. The molecule has 2 aromatic rings. The molecule has 0 bridgehead atoms. The van der Waals surface area contributed by atoms with Crippen LogP contribution in [-0.4, -0.2) is 37.0 Å². The Bertz CT molecular complexity index is 935. The SMILES string of the molecule is CCN(C(=O)NOC(C)=O)c1ccccc1C1CN(C)Cc2c(Cl)cc(Cl)cc21. The topological polar surface area (TPSA) is 61.9 Å². The Morgan fingerprint density at radius 1 is 1.24 bits per heavy atom. The maximum atomic E-state index is 12.6. The van der Waals surface area contributed by atoms with Crippen molar-refractivity contribution in [2.45, 2.75) is 26.3 Å². The molecule has 8 heteroatoms. The zero-order chi connectivity index (χ0) is 21.1. The molecule has 1 aliphatic heterocycles. The van der Waals surface area contributed by atoms with Crippen LogP contribution in [0.1, 0.15) is 36.5 Å². The number of anilines is 1. The molecule has 0 fully saturated rings. The highest BCUT2D eigenvalue weighted by Gasteiger charge is 2.30. The van der Waals surface area contributed by atoms with Crippen LogP contribution in [0.15, 0.2) is 36.4 Å². The molecular weight excluding hydrogens is 413 g/mol. The lowest BCUT2D eigenvalue weighted by molar-refractivity contribution is -0.145. The van der Waals surface area contributed by atoms with Gasteiger partial charge in [0.05, 0.1) is 0 Å². The van der Waals surface area contributed by atoms with Crippen molar-refractivity contribution in [1.82, 2.24) is 10.4 Å². The van der Waals surface area contributed by atoms with Gasteiger partial charge in [-0.05, 0) is 48.9 Å². The molecular formula is C21H23Cl2N3O3. The first-order valence-electron chi connectivity index (χ1n) is 9.32. The van der Waals surface area contributed by atoms with E-state index in [0.29, 0.717) is 16.6 Å². The van der Waals surface area contributed by atoms with Gasteiger partial charge in [0.25, 0.3) is 0 Å². The highest BCUT2D eigenvalue weighted by molar-refractivity contribution is 6.35. The number of urea groups is 1. The average molecular weight is 436 g/mol. The predicted molar refractivity (Wildman–Crippen MR) is 114 cm³/mol. The Labute approximate surface area is 180 Å². The molecule has 1 aliphatic rings. The Balaban J connectivity index is 2.05. The number of carbonyl (C=O) groups excluding carboxylic acids is 2. The average Bonchev–Trinajstić information content (AvgIpc) is 2.67. The Kier molecular flexibility index (Phi) is 6.67. The summed E-state index contributed by atoms with van der Waals surface area (Å²) < 4.78 is 0. The molecule has 0 radical (unpaired) electrons. The zero-order valence-corrected chi connectivity index (χ0v) is 18.0. The molecule has 154 valence electrons. The number of nitrogens with one attached hydrogen (secondary N) is 1. The van der Waals surface area contributed by atoms with E-state index in [4.69, 9.17) is 23.2 Å². The van der Waals surface area contributed by atoms with Crippen molar-refractivity contribution in [3.63, 3.8) is 0 Å². The van der Waals surface area contributed by atoms with Gasteiger partial charge < -0.3 is 9.74 Å². The second-order valence-electron chi connectivity index (χ2n) is 7.01. The summed E-state index contributed by atoms with van der Waals surface area (Å²) >= 11 is 12.8. The van der Waals surface area contributed by atoms with Crippen molar-refractivity contribution in [3.05, 3.63) is 63.1 Å². The summed E-state index contributed by atoms with van der Waals surface area (Å²) in [7, 11) is 2.04. The maximum absolute atomic E-state index is 12.6. The summed E-state index contributed by atoms with van der Waals surface area (Å²) in [4.78, 5) is 32.1. The monoisotopic (exact) mass is 435 g/mol. The summed E-state index contributed by atoms with van der Waals surface area (Å²) in [6, 6.07) is 10.9. The number of fused-ring (bicyclic) bond motifs is 1. The number of likely N-dealkylation sites (N-methyl/N-ethyl adjacent to an activating group) is 1. The van der Waals surface area contributed by atoms with Crippen molar-refractivity contribution in [2.75, 3.05) is 25.0 Å². The van der Waals surface area contributed by atoms with Gasteiger partial charge in [0, 0.05) is 48.2 Å². The summed E-state index contributed by atoms with van der Waals surface area (Å²) in [5, 5.41) is 1.22. The minimum Gasteiger partial charge on any atom is -0.340 e. The molecule has 0 aliphatic carbocycles. The van der Waals surface area contributed by atoms with Crippen molar-refractivity contribution >= 4 is 40.9 Å². The van der Waals surface area contributed by atoms with E-state index in [1.807, 2.05) is 44.3 Å². The van der Waals surface area contributed by atoms with E-state index in [1.165, 1.54) is 6.92 Å². The van der Waals surface area contributed by atoms with Gasteiger partial charge in [-0.25, -0.2) is 4.79 Å². The number of hydrogen-bond acceptors (Lipinski definition) is 4. The smallest absolute Gasteiger partial charge is 0.340 e. The van der Waals surface area contributed by atoms with Crippen LogP contribution >= 0.6 is 23.2 Å². The minimum atomic E-state index is -0.588. The number of amides is 2. The molecule has 6 nitrogen and oxygen atoms in total. The fraction of sp³-hybridized carbons (Fsp3) is 0.333. The third-order valence-electron chi connectivity index (χ3n) is 4.94. The number of benzene rings is 2. The van der Waals surface area contributed by atoms with Crippen LogP contribution in [0, 0.1) is 0 Å². The van der Waals surface area contributed by atoms with Crippen LogP contribution in [0.25, 0.3) is 0 Å². The third kappa shape index (κ3) is 4.66. The first-order valence-corrected chi connectivity index (χ1v) is 10.1. The third-order valence-corrected chi connectivity index (χ3v) is 5.49. The number of para-hydroxylation sites is 1. The van der Waals surface area contributed by atoms with E-state index in [2.05, 4.69) is 15.2 Å². The van der Waals surface area contributed by atoms with Gasteiger partial charge in [0.2, 0.25) is 0 Å². The van der Waals surface area contributed by atoms with Crippen LogP contribution in [0.3, 0.4) is 0 Å². The number of rotatable bonds is 3. The molecule has 0 saturated carbocycles. The second-order valence-corrected chi connectivity index (χ2v) is 7.85. The van der Waals surface area contributed by atoms with Gasteiger partial charge in [-0.3, -0.25) is 9.69 Å². The molecule has 0 spiro atoms. The Hall–Kier alpha value is -2.28. The van der Waals surface area contributed by atoms with Crippen molar-refractivity contribution in [1.29, 1.82) is 0 Å². The summed E-state index contributed by atoms with van der Waals surface area (Å²) in [5.41, 5.74) is 6.00. The van der Waals surface area contributed by atoms with Gasteiger partial charge in [-0.1, -0.05) is 41.4 Å². The number of hydroxylamine groups is 1. The molecule has 1 heterocycles. The standard InChI is InChI=1S/C21H23Cl2N3O3/c1-4-26(21(28)24-29-13(2)27)20-8-6-5-7-15(20)17-11-25(3)12-18-16(17)9-14(22)10-19(18)23/h5-10,17H,4,11-12H2,1-3H3,(H,24,28). The maximum Gasteiger partial charge on any atom is 0.355 e. The van der Waals surface area contributed by atoms with Crippen LogP contribution in [0.4, 0.5) is 10.5 Å². The number of hydrogen-bond donors (Lipinski definition) is 1. The molecule has 1 atom stereocenters. The lowest BCUT2D eigenvalue weighted by Crippen LogP contribution is -2.41. The number of nitrogens with zero attached hydrogens (tertiary/aromatic N) is 2. The molecule has 29 heavy (non-hydrogen) atoms. The summed E-state index contributed by atoms with van der Waals surface area (Å²) in [6.45, 7) is 4.97. The van der Waals surface area contributed by atoms with E-state index in [-0.39, 0.29) is 5.92 Å². The fourth-order valence-corrected chi connectivity index (χ4v) is 4.30. The van der Waals surface area contributed by atoms with Gasteiger partial charge >= 0.3 is 12.0 Å². The molecule has 2 aromatic carbocycles. The molecule has 3 rings (SSSR count). The van der Waals surface area contributed by atoms with E-state index in [1.54, 1.807) is 11.0 Å². The van der Waals surface area contributed by atoms with Crippen LogP contribution in [-0.2, 0) is 16.2 Å². The van der Waals surface area contributed by atoms with Gasteiger partial charge in [0.1, 0.15) is 0 Å². The highest BCUT2D eigenvalue weighted by Crippen LogP contribution is 2.41. The molecule has 2 amide bonds. The summed E-state index contributed by atoms with van der Waals surface area (Å²) in [6.07, 6.45) is 0. The quantitative estimate of drug-likeness (QED) is 0.716. The lowest BCUT2D eigenvalue weighted by atomic mass is 9.83. The van der Waals surface area contributed by atoms with E-state index in [0.717, 1.165) is 35.5 Å². The van der Waals surface area contributed by atoms with Crippen LogP contribution in [0.5, 0.6) is 0 Å². The van der Waals surface area contributed by atoms with E-state index < -0.39 is 12.0 Å². The Morgan fingerprint density at radius 3 is 2.66 bits per heavy atom. The fourth-order valence-electron chi connectivity index (χ4n) is 3.73. The van der Waals surface area contributed by atoms with Crippen LogP contribution in [0.2, 0.25) is 10.0 Å². The summed E-state index contributed by atoms with van der Waals surface area (Å²) in [5.74, 6) is -0.610. The number of halogens is 2. The van der Waals surface area contributed by atoms with E-state index >= 15 is 0 Å². The highest BCUT2D eigenvalue weighted by atomic mass is 35.5. The van der Waals surface area contributed by atoms with Gasteiger partial charge in [-0.2, -0.15) is 5.48 Å². The van der Waals surface area contributed by atoms with Crippen LogP contribution < -0.4 is 10.4 Å². The largest absolute Gasteiger partial charge is 0.355 e. The number of carbonyl (C=O) groups is 2. The predicted octanol–water partition coefficient (Wildman–Crippen LogP) is 4.58.